The number of methoxy groups -OCH3 is 3. The number of rotatable bonds is 8. The molecule has 10 heteroatoms. The number of nitrogens with one attached hydrogen (secondary N) is 1. The molecular formula is C26H26N4O5S. The number of hydrogen-bond acceptors (Lipinski definition) is 9. The third-order valence-electron chi connectivity index (χ3n) is 6.01. The first-order valence-electron chi connectivity index (χ1n) is 11.1. The monoisotopic (exact) mass is 506 g/mol. The minimum atomic E-state index is -3.98. The molecule has 0 saturated carbocycles. The zero-order valence-electron chi connectivity index (χ0n) is 20.6. The van der Waals surface area contributed by atoms with Crippen LogP contribution in [0.25, 0.3) is 11.0 Å². The Kier molecular flexibility index (Phi) is 6.77. The van der Waals surface area contributed by atoms with E-state index in [4.69, 9.17) is 14.2 Å². The number of pyridine rings is 1. The van der Waals surface area contributed by atoms with Gasteiger partial charge in [0.05, 0.1) is 43.2 Å². The SMILES string of the molecule is CCN(C)c1ccc(C2=Cc3ncc(C#N)c(Nc4cc(OC)c(OC)c(OC)c4)c3S2(=O)=O)cc1. The normalized spacial score (nSPS) is 13.3. The summed E-state index contributed by atoms with van der Waals surface area (Å²) in [4.78, 5) is 6.38. The molecule has 4 rings (SSSR count). The largest absolute Gasteiger partial charge is 0.493 e. The molecule has 0 saturated heterocycles. The molecule has 1 aliphatic rings. The lowest BCUT2D eigenvalue weighted by Gasteiger charge is -2.18. The summed E-state index contributed by atoms with van der Waals surface area (Å²) in [5.41, 5.74) is 2.44. The molecule has 1 N–H and O–H groups in total. The van der Waals surface area contributed by atoms with E-state index in [9.17, 15) is 13.7 Å². The minimum absolute atomic E-state index is 0.0555. The summed E-state index contributed by atoms with van der Waals surface area (Å²) < 4.78 is 43.7. The maximum absolute atomic E-state index is 13.7. The van der Waals surface area contributed by atoms with Gasteiger partial charge in [-0.1, -0.05) is 12.1 Å². The summed E-state index contributed by atoms with van der Waals surface area (Å²) >= 11 is 0. The van der Waals surface area contributed by atoms with Crippen LogP contribution in [-0.2, 0) is 9.84 Å². The number of nitriles is 1. The molecular weight excluding hydrogens is 480 g/mol. The summed E-state index contributed by atoms with van der Waals surface area (Å²) in [6.45, 7) is 2.86. The van der Waals surface area contributed by atoms with Crippen molar-refractivity contribution in [2.75, 3.05) is 45.1 Å². The van der Waals surface area contributed by atoms with E-state index >= 15 is 0 Å². The lowest BCUT2D eigenvalue weighted by Crippen LogP contribution is -2.15. The number of benzene rings is 2. The van der Waals surface area contributed by atoms with E-state index < -0.39 is 9.84 Å². The quantitative estimate of drug-likeness (QED) is 0.473. The third kappa shape index (κ3) is 4.18. The number of nitrogens with zero attached hydrogens (tertiary/aromatic N) is 3. The van der Waals surface area contributed by atoms with Crippen molar-refractivity contribution in [3.63, 3.8) is 0 Å². The molecule has 0 atom stereocenters. The smallest absolute Gasteiger partial charge is 0.211 e. The van der Waals surface area contributed by atoms with Crippen LogP contribution < -0.4 is 24.4 Å². The van der Waals surface area contributed by atoms with Crippen molar-refractivity contribution < 1.29 is 22.6 Å². The van der Waals surface area contributed by atoms with Gasteiger partial charge in [0, 0.05) is 43.3 Å². The molecule has 1 aromatic heterocycles. The van der Waals surface area contributed by atoms with Gasteiger partial charge in [0.2, 0.25) is 15.6 Å². The molecule has 0 bridgehead atoms. The van der Waals surface area contributed by atoms with Gasteiger partial charge < -0.3 is 24.4 Å². The standard InChI is InChI=1S/C26H26N4O5S/c1-6-30(2)19-9-7-16(8-10-19)23-13-20-26(36(23,31)32)24(17(14-27)15-28-20)29-18-11-21(33-3)25(35-5)22(12-18)34-4/h7-13,15H,6H2,1-5H3,(H,28,29). The summed E-state index contributed by atoms with van der Waals surface area (Å²) in [5.74, 6) is 1.14. The minimum Gasteiger partial charge on any atom is -0.493 e. The molecule has 0 fully saturated rings. The van der Waals surface area contributed by atoms with Crippen molar-refractivity contribution in [3.05, 3.63) is 59.4 Å². The lowest BCUT2D eigenvalue weighted by atomic mass is 10.1. The Morgan fingerprint density at radius 2 is 1.69 bits per heavy atom. The Bertz CT molecular complexity index is 1470. The fourth-order valence-electron chi connectivity index (χ4n) is 4.00. The van der Waals surface area contributed by atoms with E-state index in [1.165, 1.54) is 33.6 Å². The van der Waals surface area contributed by atoms with Gasteiger partial charge in [-0.3, -0.25) is 4.98 Å². The molecule has 0 unspecified atom stereocenters. The van der Waals surface area contributed by atoms with E-state index in [-0.39, 0.29) is 26.7 Å². The van der Waals surface area contributed by atoms with Crippen molar-refractivity contribution in [2.45, 2.75) is 11.8 Å². The Morgan fingerprint density at radius 1 is 1.06 bits per heavy atom. The van der Waals surface area contributed by atoms with E-state index in [1.807, 2.05) is 32.2 Å². The molecule has 9 nitrogen and oxygen atoms in total. The van der Waals surface area contributed by atoms with Crippen molar-refractivity contribution in [1.29, 1.82) is 5.26 Å². The highest BCUT2D eigenvalue weighted by Gasteiger charge is 2.36. The van der Waals surface area contributed by atoms with Crippen LogP contribution in [0.15, 0.2) is 47.5 Å². The summed E-state index contributed by atoms with van der Waals surface area (Å²) in [6.07, 6.45) is 2.89. The molecule has 36 heavy (non-hydrogen) atoms. The molecule has 0 amide bonds. The van der Waals surface area contributed by atoms with Gasteiger partial charge in [-0.25, -0.2) is 8.42 Å². The van der Waals surface area contributed by atoms with Crippen molar-refractivity contribution >= 4 is 37.9 Å². The highest BCUT2D eigenvalue weighted by atomic mass is 32.2. The van der Waals surface area contributed by atoms with Gasteiger partial charge in [0.15, 0.2) is 11.5 Å². The van der Waals surface area contributed by atoms with Crippen LogP contribution in [0.3, 0.4) is 0 Å². The fourth-order valence-corrected chi connectivity index (χ4v) is 5.75. The van der Waals surface area contributed by atoms with E-state index in [0.29, 0.717) is 28.5 Å². The first-order chi connectivity index (χ1) is 17.3. The van der Waals surface area contributed by atoms with Crippen LogP contribution in [0.2, 0.25) is 0 Å². The van der Waals surface area contributed by atoms with Gasteiger partial charge in [0.1, 0.15) is 11.0 Å². The van der Waals surface area contributed by atoms with Gasteiger partial charge in [-0.2, -0.15) is 5.26 Å². The predicted octanol–water partition coefficient (Wildman–Crippen LogP) is 4.46. The van der Waals surface area contributed by atoms with Crippen LogP contribution in [0.4, 0.5) is 17.1 Å². The number of ether oxygens (including phenoxy) is 3. The number of sulfone groups is 1. The number of fused-ring (bicyclic) bond motifs is 1. The highest BCUT2D eigenvalue weighted by Crippen LogP contribution is 2.45. The van der Waals surface area contributed by atoms with E-state index in [1.54, 1.807) is 24.3 Å². The highest BCUT2D eigenvalue weighted by molar-refractivity contribution is 8.01. The number of anilines is 3. The van der Waals surface area contributed by atoms with Crippen LogP contribution in [0.1, 0.15) is 23.7 Å². The Labute approximate surface area is 210 Å². The summed E-state index contributed by atoms with van der Waals surface area (Å²) in [5, 5.41) is 12.8. The first-order valence-corrected chi connectivity index (χ1v) is 12.6. The van der Waals surface area contributed by atoms with Crippen molar-refractivity contribution in [3.8, 4) is 23.3 Å². The average Bonchev–Trinajstić information content (AvgIpc) is 3.18. The molecule has 0 spiro atoms. The van der Waals surface area contributed by atoms with Crippen LogP contribution in [0.5, 0.6) is 17.2 Å². The second-order valence-electron chi connectivity index (χ2n) is 7.99. The third-order valence-corrected chi connectivity index (χ3v) is 7.89. The van der Waals surface area contributed by atoms with Crippen LogP contribution in [0, 0.1) is 11.3 Å². The fraction of sp³-hybridized carbons (Fsp3) is 0.231. The molecule has 2 heterocycles. The van der Waals surface area contributed by atoms with Crippen molar-refractivity contribution in [1.82, 2.24) is 4.98 Å². The van der Waals surface area contributed by atoms with Crippen LogP contribution >= 0.6 is 0 Å². The summed E-state index contributed by atoms with van der Waals surface area (Å²) in [6, 6.07) is 12.6. The van der Waals surface area contributed by atoms with Crippen molar-refractivity contribution in [2.24, 2.45) is 0 Å². The second kappa shape index (κ2) is 9.79. The maximum atomic E-state index is 13.7. The van der Waals surface area contributed by atoms with Crippen LogP contribution in [-0.4, -0.2) is 48.3 Å². The molecule has 0 radical (unpaired) electrons. The first kappa shape index (κ1) is 24.9. The van der Waals surface area contributed by atoms with Gasteiger partial charge >= 0.3 is 0 Å². The Morgan fingerprint density at radius 3 is 2.22 bits per heavy atom. The van der Waals surface area contributed by atoms with Gasteiger partial charge in [0.25, 0.3) is 0 Å². The average molecular weight is 507 g/mol. The zero-order valence-corrected chi connectivity index (χ0v) is 21.4. The Hall–Kier alpha value is -4.23. The predicted molar refractivity (Wildman–Crippen MR) is 139 cm³/mol. The van der Waals surface area contributed by atoms with Gasteiger partial charge in [-0.05, 0) is 30.7 Å². The molecule has 186 valence electrons. The Balaban J connectivity index is 1.80. The summed E-state index contributed by atoms with van der Waals surface area (Å²) in [7, 11) is 2.44. The maximum Gasteiger partial charge on any atom is 0.211 e. The second-order valence-corrected chi connectivity index (χ2v) is 9.84. The van der Waals surface area contributed by atoms with E-state index in [2.05, 4.69) is 15.2 Å². The molecule has 2 aromatic carbocycles. The van der Waals surface area contributed by atoms with Gasteiger partial charge in [-0.15, -0.1) is 0 Å². The van der Waals surface area contributed by atoms with E-state index in [0.717, 1.165) is 12.2 Å². The topological polar surface area (TPSA) is 114 Å². The lowest BCUT2D eigenvalue weighted by molar-refractivity contribution is 0.324. The number of aromatic nitrogens is 1. The zero-order chi connectivity index (χ0) is 26.0. The molecule has 0 aliphatic carbocycles. The number of hydrogen-bond donors (Lipinski definition) is 1. The molecule has 3 aromatic rings. The molecule has 1 aliphatic heterocycles.